The zero-order chi connectivity index (χ0) is 16.7. The fourth-order valence-corrected chi connectivity index (χ4v) is 6.90. The second kappa shape index (κ2) is 6.17. The summed E-state index contributed by atoms with van der Waals surface area (Å²) in [4.78, 5) is 0. The second-order valence-electron chi connectivity index (χ2n) is 5.68. The SMILES string of the molecule is CCN[C@H]1CN(CC(C)C)S(=O)(=O)c2sc(S(N)(=O)=O)cc21. The fraction of sp³-hybridized carbons (Fsp3) is 0.667. The van der Waals surface area contributed by atoms with E-state index < -0.39 is 20.0 Å². The number of likely N-dealkylation sites (N-methyl/N-ethyl adjacent to an activating group) is 1. The molecule has 0 fully saturated rings. The number of hydrogen-bond acceptors (Lipinski definition) is 6. The minimum Gasteiger partial charge on any atom is -0.309 e. The average molecular weight is 368 g/mol. The highest BCUT2D eigenvalue weighted by Gasteiger charge is 2.39. The molecule has 3 N–H and O–H groups in total. The molecule has 1 aromatic rings. The molecule has 2 rings (SSSR count). The van der Waals surface area contributed by atoms with E-state index in [4.69, 9.17) is 5.14 Å². The molecule has 0 saturated carbocycles. The standard InChI is InChI=1S/C12H21N3O4S3/c1-4-14-10-7-15(6-8(2)3)22(18,19)12-9(10)5-11(20-12)21(13,16)17/h5,8,10,14H,4,6-7H2,1-3H3,(H2,13,16,17)/t10-/m0/s1. The van der Waals surface area contributed by atoms with Crippen molar-refractivity contribution in [2.45, 2.75) is 35.2 Å². The highest BCUT2D eigenvalue weighted by atomic mass is 32.3. The normalized spacial score (nSPS) is 22.0. The van der Waals surface area contributed by atoms with E-state index in [1.807, 2.05) is 20.8 Å². The van der Waals surface area contributed by atoms with Crippen molar-refractivity contribution in [3.8, 4) is 0 Å². The van der Waals surface area contributed by atoms with Gasteiger partial charge >= 0.3 is 0 Å². The number of nitrogens with zero attached hydrogens (tertiary/aromatic N) is 1. The number of nitrogens with two attached hydrogens (primary N) is 1. The fourth-order valence-electron chi connectivity index (χ4n) is 2.47. The average Bonchev–Trinajstić information content (AvgIpc) is 2.81. The Morgan fingerprint density at radius 3 is 2.64 bits per heavy atom. The summed E-state index contributed by atoms with van der Waals surface area (Å²) < 4.78 is 49.9. The van der Waals surface area contributed by atoms with Crippen LogP contribution in [-0.2, 0) is 20.0 Å². The maximum atomic E-state index is 12.7. The van der Waals surface area contributed by atoms with Gasteiger partial charge in [0.05, 0.1) is 0 Å². The van der Waals surface area contributed by atoms with E-state index >= 15 is 0 Å². The van der Waals surface area contributed by atoms with Gasteiger partial charge in [-0.3, -0.25) is 0 Å². The Hall–Kier alpha value is -0.520. The summed E-state index contributed by atoms with van der Waals surface area (Å²) in [6.07, 6.45) is 0. The molecule has 1 atom stereocenters. The molecule has 1 aliphatic rings. The van der Waals surface area contributed by atoms with Crippen LogP contribution in [0.1, 0.15) is 32.4 Å². The first-order valence-electron chi connectivity index (χ1n) is 6.97. The lowest BCUT2D eigenvalue weighted by Crippen LogP contribution is -2.44. The lowest BCUT2D eigenvalue weighted by molar-refractivity contribution is 0.316. The summed E-state index contributed by atoms with van der Waals surface area (Å²) in [6.45, 7) is 7.14. The topological polar surface area (TPSA) is 110 Å². The molecule has 2 heterocycles. The van der Waals surface area contributed by atoms with Gasteiger partial charge in [0.1, 0.15) is 8.42 Å². The van der Waals surface area contributed by atoms with Gasteiger partial charge in [-0.2, -0.15) is 4.31 Å². The van der Waals surface area contributed by atoms with Gasteiger partial charge < -0.3 is 5.32 Å². The molecular formula is C12H21N3O4S3. The minimum absolute atomic E-state index is 0.0781. The molecule has 126 valence electrons. The van der Waals surface area contributed by atoms with Crippen LogP contribution in [0.3, 0.4) is 0 Å². The Labute approximate surface area is 135 Å². The van der Waals surface area contributed by atoms with Crippen molar-refractivity contribution >= 4 is 31.4 Å². The Balaban J connectivity index is 2.57. The zero-order valence-electron chi connectivity index (χ0n) is 12.7. The third-order valence-corrected chi connectivity index (χ3v) is 8.27. The summed E-state index contributed by atoms with van der Waals surface area (Å²) in [5, 5.41) is 8.36. The number of sulfonamides is 2. The van der Waals surface area contributed by atoms with Crippen LogP contribution in [0.2, 0.25) is 0 Å². The molecule has 10 heteroatoms. The lowest BCUT2D eigenvalue weighted by Gasteiger charge is -2.33. The summed E-state index contributed by atoms with van der Waals surface area (Å²) in [5.74, 6) is 0.177. The van der Waals surface area contributed by atoms with E-state index in [0.29, 0.717) is 25.2 Å². The predicted octanol–water partition coefficient (Wildman–Crippen LogP) is 0.706. The highest BCUT2D eigenvalue weighted by Crippen LogP contribution is 2.40. The van der Waals surface area contributed by atoms with Crippen molar-refractivity contribution in [1.82, 2.24) is 9.62 Å². The smallest absolute Gasteiger partial charge is 0.253 e. The molecule has 0 aromatic carbocycles. The van der Waals surface area contributed by atoms with Crippen LogP contribution in [0.15, 0.2) is 14.5 Å². The first-order valence-corrected chi connectivity index (χ1v) is 10.8. The van der Waals surface area contributed by atoms with Crippen molar-refractivity contribution in [3.05, 3.63) is 11.6 Å². The first kappa shape index (κ1) is 17.8. The van der Waals surface area contributed by atoms with Crippen LogP contribution in [-0.4, -0.2) is 40.8 Å². The third-order valence-electron chi connectivity index (χ3n) is 3.34. The van der Waals surface area contributed by atoms with Gasteiger partial charge in [-0.25, -0.2) is 22.0 Å². The second-order valence-corrected chi connectivity index (χ2v) is 10.7. The number of hydrogen-bond donors (Lipinski definition) is 2. The predicted molar refractivity (Wildman–Crippen MR) is 85.7 cm³/mol. The van der Waals surface area contributed by atoms with E-state index in [9.17, 15) is 16.8 Å². The molecule has 0 amide bonds. The van der Waals surface area contributed by atoms with E-state index in [-0.39, 0.29) is 20.4 Å². The quantitative estimate of drug-likeness (QED) is 0.796. The maximum absolute atomic E-state index is 12.7. The number of rotatable bonds is 5. The summed E-state index contributed by atoms with van der Waals surface area (Å²) in [5.41, 5.74) is 0.496. The molecule has 0 radical (unpaired) electrons. The van der Waals surface area contributed by atoms with Crippen molar-refractivity contribution < 1.29 is 16.8 Å². The van der Waals surface area contributed by atoms with E-state index in [1.54, 1.807) is 0 Å². The van der Waals surface area contributed by atoms with Gasteiger partial charge in [0.2, 0.25) is 10.0 Å². The molecule has 0 aliphatic carbocycles. The summed E-state index contributed by atoms with van der Waals surface area (Å²) in [7, 11) is -7.59. The van der Waals surface area contributed by atoms with Crippen LogP contribution in [0.5, 0.6) is 0 Å². The summed E-state index contributed by atoms with van der Waals surface area (Å²) >= 11 is 0.727. The van der Waals surface area contributed by atoms with Gasteiger partial charge in [0.15, 0.2) is 0 Å². The van der Waals surface area contributed by atoms with Crippen LogP contribution < -0.4 is 10.5 Å². The minimum atomic E-state index is -3.92. The van der Waals surface area contributed by atoms with Gasteiger partial charge in [-0.05, 0) is 18.5 Å². The van der Waals surface area contributed by atoms with Gasteiger partial charge in [0, 0.05) is 24.7 Å². The van der Waals surface area contributed by atoms with Crippen molar-refractivity contribution in [2.24, 2.45) is 11.1 Å². The number of primary sulfonamides is 1. The molecule has 0 unspecified atom stereocenters. The van der Waals surface area contributed by atoms with Gasteiger partial charge in [-0.1, -0.05) is 20.8 Å². The van der Waals surface area contributed by atoms with Crippen LogP contribution in [0, 0.1) is 5.92 Å². The third kappa shape index (κ3) is 3.36. The van der Waals surface area contributed by atoms with Gasteiger partial charge in [-0.15, -0.1) is 11.3 Å². The van der Waals surface area contributed by atoms with Crippen LogP contribution in [0.25, 0.3) is 0 Å². The van der Waals surface area contributed by atoms with E-state index in [2.05, 4.69) is 5.32 Å². The largest absolute Gasteiger partial charge is 0.309 e. The van der Waals surface area contributed by atoms with E-state index in [1.165, 1.54) is 10.4 Å². The molecule has 0 bridgehead atoms. The Morgan fingerprint density at radius 1 is 1.50 bits per heavy atom. The lowest BCUT2D eigenvalue weighted by atomic mass is 10.1. The van der Waals surface area contributed by atoms with Crippen LogP contribution in [0.4, 0.5) is 0 Å². The van der Waals surface area contributed by atoms with Gasteiger partial charge in [0.25, 0.3) is 10.0 Å². The van der Waals surface area contributed by atoms with Crippen molar-refractivity contribution in [2.75, 3.05) is 19.6 Å². The van der Waals surface area contributed by atoms with Crippen LogP contribution >= 0.6 is 11.3 Å². The van der Waals surface area contributed by atoms with Crippen molar-refractivity contribution in [3.63, 3.8) is 0 Å². The Morgan fingerprint density at radius 2 is 2.14 bits per heavy atom. The molecular weight excluding hydrogens is 346 g/mol. The summed E-state index contributed by atoms with van der Waals surface area (Å²) in [6, 6.07) is 1.15. The number of fused-ring (bicyclic) bond motifs is 1. The molecule has 1 aromatic heterocycles. The number of thiophene rings is 1. The monoisotopic (exact) mass is 367 g/mol. The molecule has 22 heavy (non-hydrogen) atoms. The van der Waals surface area contributed by atoms with E-state index in [0.717, 1.165) is 11.3 Å². The highest BCUT2D eigenvalue weighted by molar-refractivity contribution is 7.94. The zero-order valence-corrected chi connectivity index (χ0v) is 15.2. The first-order chi connectivity index (χ1) is 10.1. The molecule has 1 aliphatic heterocycles. The molecule has 7 nitrogen and oxygen atoms in total. The number of nitrogens with one attached hydrogen (secondary N) is 1. The maximum Gasteiger partial charge on any atom is 0.253 e. The Kier molecular flexibility index (Phi) is 5.00. The molecule has 0 saturated heterocycles. The Bertz CT molecular complexity index is 753. The molecule has 0 spiro atoms. The van der Waals surface area contributed by atoms with Crippen molar-refractivity contribution in [1.29, 1.82) is 0 Å².